The molecule has 2 aliphatic heterocycles. The van der Waals surface area contributed by atoms with E-state index in [1.807, 2.05) is 7.05 Å². The number of carbonyl (C=O) groups excluding carboxylic acids is 1. The van der Waals surface area contributed by atoms with E-state index >= 15 is 0 Å². The first-order valence-corrected chi connectivity index (χ1v) is 8.54. The van der Waals surface area contributed by atoms with Crippen molar-refractivity contribution in [1.82, 2.24) is 9.80 Å². The minimum atomic E-state index is -4.46. The van der Waals surface area contributed by atoms with Gasteiger partial charge in [0.15, 0.2) is 0 Å². The molecule has 2 heterocycles. The van der Waals surface area contributed by atoms with Crippen LogP contribution in [-0.4, -0.2) is 60.1 Å². The Morgan fingerprint density at radius 2 is 2.08 bits per heavy atom. The Balaban J connectivity index is 1.80. The number of hydrogen-bond donors (Lipinski definition) is 1. The second kappa shape index (κ2) is 6.61. The molecule has 1 aromatic rings. The zero-order chi connectivity index (χ0) is 18.2. The van der Waals surface area contributed by atoms with E-state index in [1.165, 1.54) is 12.1 Å². The number of carbonyl (C=O) groups is 1. The molecule has 2 aliphatic rings. The van der Waals surface area contributed by atoms with Crippen LogP contribution in [0.1, 0.15) is 35.2 Å². The van der Waals surface area contributed by atoms with Crippen molar-refractivity contribution in [2.24, 2.45) is 5.41 Å². The summed E-state index contributed by atoms with van der Waals surface area (Å²) in [5, 5.41) is 9.91. The second-order valence-electron chi connectivity index (χ2n) is 7.20. The van der Waals surface area contributed by atoms with Gasteiger partial charge in [-0.15, -0.1) is 0 Å². The van der Waals surface area contributed by atoms with Gasteiger partial charge in [0.05, 0.1) is 12.2 Å². The van der Waals surface area contributed by atoms with Crippen molar-refractivity contribution in [2.45, 2.75) is 31.5 Å². The number of likely N-dealkylation sites (tertiary alicyclic amines) is 2. The van der Waals surface area contributed by atoms with Crippen LogP contribution in [0.25, 0.3) is 0 Å². The van der Waals surface area contributed by atoms with Crippen LogP contribution in [0, 0.1) is 5.41 Å². The first-order valence-electron chi connectivity index (χ1n) is 8.54. The van der Waals surface area contributed by atoms with Crippen molar-refractivity contribution in [3.63, 3.8) is 0 Å². The number of benzene rings is 1. The summed E-state index contributed by atoms with van der Waals surface area (Å²) in [5.74, 6) is -0.378. The molecule has 1 amide bonds. The number of piperidine rings is 2. The summed E-state index contributed by atoms with van der Waals surface area (Å²) in [6.45, 7) is 1.87. The Hall–Kier alpha value is -1.60. The van der Waals surface area contributed by atoms with E-state index in [0.717, 1.165) is 31.5 Å². The Morgan fingerprint density at radius 3 is 2.76 bits per heavy atom. The van der Waals surface area contributed by atoms with E-state index in [1.54, 1.807) is 4.90 Å². The van der Waals surface area contributed by atoms with Crippen LogP contribution in [0.4, 0.5) is 13.2 Å². The molecule has 0 radical (unpaired) electrons. The zero-order valence-corrected chi connectivity index (χ0v) is 14.2. The number of alkyl halides is 3. The highest BCUT2D eigenvalue weighted by Gasteiger charge is 2.47. The van der Waals surface area contributed by atoms with Gasteiger partial charge in [0.25, 0.3) is 5.91 Å². The van der Waals surface area contributed by atoms with Gasteiger partial charge in [0.1, 0.15) is 0 Å². The molecule has 2 atom stereocenters. The highest BCUT2D eigenvalue weighted by molar-refractivity contribution is 5.94. The van der Waals surface area contributed by atoms with E-state index in [2.05, 4.69) is 4.90 Å². The lowest BCUT2D eigenvalue weighted by molar-refractivity contribution is -0.137. The SMILES string of the molecule is CN1CCC[C@]2(CO)CCN(C(=O)c3cccc(C(F)(F)F)c3)C[C@@H]12. The fourth-order valence-corrected chi connectivity index (χ4v) is 4.21. The van der Waals surface area contributed by atoms with Gasteiger partial charge >= 0.3 is 6.18 Å². The van der Waals surface area contributed by atoms with E-state index in [-0.39, 0.29) is 29.5 Å². The summed E-state index contributed by atoms with van der Waals surface area (Å²) in [7, 11) is 1.98. The van der Waals surface area contributed by atoms with Gasteiger partial charge in [-0.3, -0.25) is 4.79 Å². The predicted octanol–water partition coefficient (Wildman–Crippen LogP) is 2.62. The topological polar surface area (TPSA) is 43.8 Å². The fraction of sp³-hybridized carbons (Fsp3) is 0.611. The van der Waals surface area contributed by atoms with Crippen LogP contribution in [-0.2, 0) is 6.18 Å². The number of halogens is 3. The van der Waals surface area contributed by atoms with E-state index in [0.29, 0.717) is 19.5 Å². The summed E-state index contributed by atoms with van der Waals surface area (Å²) in [4.78, 5) is 16.5. The lowest BCUT2D eigenvalue weighted by Crippen LogP contribution is -2.62. The third kappa shape index (κ3) is 3.40. The van der Waals surface area contributed by atoms with Crippen molar-refractivity contribution in [1.29, 1.82) is 0 Å². The molecule has 2 saturated heterocycles. The molecule has 2 fully saturated rings. The molecule has 3 rings (SSSR count). The summed E-state index contributed by atoms with van der Waals surface area (Å²) >= 11 is 0. The Morgan fingerprint density at radius 1 is 1.32 bits per heavy atom. The molecule has 138 valence electrons. The Labute approximate surface area is 145 Å². The van der Waals surface area contributed by atoms with Crippen molar-refractivity contribution >= 4 is 5.91 Å². The summed E-state index contributed by atoms with van der Waals surface area (Å²) in [5.41, 5.74) is -0.961. The van der Waals surface area contributed by atoms with Crippen LogP contribution >= 0.6 is 0 Å². The van der Waals surface area contributed by atoms with Gasteiger partial charge in [-0.2, -0.15) is 13.2 Å². The summed E-state index contributed by atoms with van der Waals surface area (Å²) in [6.07, 6.45) is -1.86. The van der Waals surface area contributed by atoms with E-state index < -0.39 is 11.7 Å². The largest absolute Gasteiger partial charge is 0.416 e. The maximum absolute atomic E-state index is 12.9. The van der Waals surface area contributed by atoms with Crippen LogP contribution < -0.4 is 0 Å². The first kappa shape index (κ1) is 18.2. The number of likely N-dealkylation sites (N-methyl/N-ethyl adjacent to an activating group) is 1. The number of aliphatic hydroxyl groups is 1. The number of nitrogens with zero attached hydrogens (tertiary/aromatic N) is 2. The van der Waals surface area contributed by atoms with Crippen LogP contribution in [0.2, 0.25) is 0 Å². The van der Waals surface area contributed by atoms with E-state index in [4.69, 9.17) is 0 Å². The number of amides is 1. The van der Waals surface area contributed by atoms with Gasteiger partial charge in [-0.25, -0.2) is 0 Å². The normalized spacial score (nSPS) is 27.9. The number of fused-ring (bicyclic) bond motifs is 1. The van der Waals surface area contributed by atoms with Crippen LogP contribution in [0.15, 0.2) is 24.3 Å². The molecular formula is C18H23F3N2O2. The molecule has 0 bridgehead atoms. The Bertz CT molecular complexity index is 649. The van der Waals surface area contributed by atoms with Gasteiger partial charge in [-0.05, 0) is 51.1 Å². The quantitative estimate of drug-likeness (QED) is 0.886. The molecule has 4 nitrogen and oxygen atoms in total. The molecule has 0 aliphatic carbocycles. The first-order chi connectivity index (χ1) is 11.8. The number of hydrogen-bond acceptors (Lipinski definition) is 3. The minimum absolute atomic E-state index is 0.0368. The molecule has 0 spiro atoms. The summed E-state index contributed by atoms with van der Waals surface area (Å²) in [6, 6.07) is 4.62. The van der Waals surface area contributed by atoms with Crippen molar-refractivity contribution < 1.29 is 23.1 Å². The maximum Gasteiger partial charge on any atom is 0.416 e. The van der Waals surface area contributed by atoms with Gasteiger partial charge in [0.2, 0.25) is 0 Å². The third-order valence-corrected chi connectivity index (χ3v) is 5.74. The molecule has 1 N–H and O–H groups in total. The Kier molecular flexibility index (Phi) is 4.81. The number of rotatable bonds is 2. The number of aliphatic hydroxyl groups excluding tert-OH is 1. The van der Waals surface area contributed by atoms with Crippen LogP contribution in [0.5, 0.6) is 0 Å². The minimum Gasteiger partial charge on any atom is -0.396 e. The average Bonchev–Trinajstić information content (AvgIpc) is 2.60. The van der Waals surface area contributed by atoms with E-state index in [9.17, 15) is 23.1 Å². The second-order valence-corrected chi connectivity index (χ2v) is 7.20. The average molecular weight is 356 g/mol. The molecular weight excluding hydrogens is 333 g/mol. The lowest BCUT2D eigenvalue weighted by Gasteiger charge is -2.53. The standard InChI is InChI=1S/C18H23F3N2O2/c1-22-8-3-6-17(12-24)7-9-23(11-15(17)22)16(25)13-4-2-5-14(10-13)18(19,20)21/h2,4-5,10,15,24H,3,6-9,11-12H2,1H3/t15-,17-/m1/s1. The van der Waals surface area contributed by atoms with Crippen molar-refractivity contribution in [3.8, 4) is 0 Å². The van der Waals surface area contributed by atoms with Gasteiger partial charge in [0, 0.05) is 30.1 Å². The summed E-state index contributed by atoms with van der Waals surface area (Å²) < 4.78 is 38.6. The molecule has 7 heteroatoms. The molecule has 25 heavy (non-hydrogen) atoms. The van der Waals surface area contributed by atoms with Crippen LogP contribution in [0.3, 0.4) is 0 Å². The molecule has 1 aromatic carbocycles. The van der Waals surface area contributed by atoms with Gasteiger partial charge < -0.3 is 14.9 Å². The molecule has 0 saturated carbocycles. The van der Waals surface area contributed by atoms with Gasteiger partial charge in [-0.1, -0.05) is 6.07 Å². The third-order valence-electron chi connectivity index (χ3n) is 5.74. The smallest absolute Gasteiger partial charge is 0.396 e. The highest BCUT2D eigenvalue weighted by Crippen LogP contribution is 2.41. The zero-order valence-electron chi connectivity index (χ0n) is 14.2. The predicted molar refractivity (Wildman–Crippen MR) is 87.1 cm³/mol. The molecule has 0 unspecified atom stereocenters. The molecule has 0 aromatic heterocycles. The lowest BCUT2D eigenvalue weighted by atomic mass is 9.69. The highest BCUT2D eigenvalue weighted by atomic mass is 19.4. The maximum atomic E-state index is 12.9. The van der Waals surface area contributed by atoms with Crippen molar-refractivity contribution in [3.05, 3.63) is 35.4 Å². The fourth-order valence-electron chi connectivity index (χ4n) is 4.21. The monoisotopic (exact) mass is 356 g/mol. The van der Waals surface area contributed by atoms with Crippen molar-refractivity contribution in [2.75, 3.05) is 33.3 Å².